The first kappa shape index (κ1) is 26.8. The third kappa shape index (κ3) is 6.78. The maximum Gasteiger partial charge on any atom is 0.326 e. The summed E-state index contributed by atoms with van der Waals surface area (Å²) < 4.78 is 0. The van der Waals surface area contributed by atoms with E-state index in [-0.39, 0.29) is 18.9 Å². The molecule has 0 fully saturated rings. The maximum atomic E-state index is 12.9. The molecule has 11 nitrogen and oxygen atoms in total. The third-order valence-electron chi connectivity index (χ3n) is 5.77. The van der Waals surface area contributed by atoms with Gasteiger partial charge in [-0.2, -0.15) is 0 Å². The van der Waals surface area contributed by atoms with Crippen LogP contribution in [0.3, 0.4) is 0 Å². The van der Waals surface area contributed by atoms with E-state index in [0.717, 1.165) is 10.9 Å². The number of carbonyl (C=O) groups excluding carboxylic acids is 3. The normalized spacial score (nSPS) is 15.6. The molecule has 0 radical (unpaired) electrons. The molecule has 0 saturated carbocycles. The zero-order valence-electron chi connectivity index (χ0n) is 19.5. The number of nitrogens with one attached hydrogen (secondary N) is 4. The van der Waals surface area contributed by atoms with Gasteiger partial charge >= 0.3 is 5.97 Å². The van der Waals surface area contributed by atoms with Crippen molar-refractivity contribution in [1.82, 2.24) is 20.9 Å². The molecule has 1 aromatic heterocycles. The van der Waals surface area contributed by atoms with Gasteiger partial charge in [-0.25, -0.2) is 4.79 Å². The SMILES string of the molecule is CCC(C)C(NC(=O)CN)C(=O)NC(C(=O)NC(Cc1c[nH]c2ccccc12)C(=O)O)C(C)O. The molecule has 5 atom stereocenters. The summed E-state index contributed by atoms with van der Waals surface area (Å²) in [4.78, 5) is 52.4. The van der Waals surface area contributed by atoms with E-state index >= 15 is 0 Å². The second kappa shape index (κ2) is 12.1. The lowest BCUT2D eigenvalue weighted by Crippen LogP contribution is -2.60. The van der Waals surface area contributed by atoms with Gasteiger partial charge in [0.25, 0.3) is 0 Å². The molecule has 34 heavy (non-hydrogen) atoms. The van der Waals surface area contributed by atoms with Crippen molar-refractivity contribution < 1.29 is 29.4 Å². The minimum atomic E-state index is -1.43. The Morgan fingerprint density at radius 1 is 1.03 bits per heavy atom. The topological polar surface area (TPSA) is 187 Å². The number of fused-ring (bicyclic) bond motifs is 1. The standard InChI is InChI=1S/C23H33N5O6/c1-4-12(2)19(27-18(30)10-24)21(31)28-20(13(3)29)22(32)26-17(23(33)34)9-14-11-25-16-8-6-5-7-15(14)16/h5-8,11-13,17,19-20,25,29H,4,9-10,24H2,1-3H3,(H,26,32)(H,27,30)(H,28,31)(H,33,34). The zero-order chi connectivity index (χ0) is 25.4. The molecule has 0 aliphatic rings. The van der Waals surface area contributed by atoms with Crippen molar-refractivity contribution in [1.29, 1.82) is 0 Å². The van der Waals surface area contributed by atoms with Crippen molar-refractivity contribution >= 4 is 34.6 Å². The van der Waals surface area contributed by atoms with E-state index in [9.17, 15) is 29.4 Å². The lowest BCUT2D eigenvalue weighted by molar-refractivity contribution is -0.143. The number of aromatic nitrogens is 1. The number of para-hydroxylation sites is 1. The number of hydrogen-bond donors (Lipinski definition) is 7. The Morgan fingerprint density at radius 2 is 1.68 bits per heavy atom. The first-order valence-electron chi connectivity index (χ1n) is 11.1. The highest BCUT2D eigenvalue weighted by molar-refractivity contribution is 5.94. The molecule has 8 N–H and O–H groups in total. The predicted molar refractivity (Wildman–Crippen MR) is 126 cm³/mol. The van der Waals surface area contributed by atoms with E-state index in [1.54, 1.807) is 13.1 Å². The maximum absolute atomic E-state index is 12.9. The fourth-order valence-electron chi connectivity index (χ4n) is 3.56. The summed E-state index contributed by atoms with van der Waals surface area (Å²) in [5.74, 6) is -3.61. The molecule has 5 unspecified atom stereocenters. The van der Waals surface area contributed by atoms with Crippen molar-refractivity contribution in [3.05, 3.63) is 36.0 Å². The van der Waals surface area contributed by atoms with Crippen LogP contribution in [0.4, 0.5) is 0 Å². The molecular formula is C23H33N5O6. The molecule has 11 heteroatoms. The van der Waals surface area contributed by atoms with Gasteiger partial charge in [-0.1, -0.05) is 38.5 Å². The van der Waals surface area contributed by atoms with Gasteiger partial charge in [-0.05, 0) is 24.5 Å². The fourth-order valence-corrected chi connectivity index (χ4v) is 3.56. The average molecular weight is 476 g/mol. The van der Waals surface area contributed by atoms with Gasteiger partial charge in [0.2, 0.25) is 17.7 Å². The molecular weight excluding hydrogens is 442 g/mol. The first-order chi connectivity index (χ1) is 16.1. The van der Waals surface area contributed by atoms with Crippen LogP contribution in [0.1, 0.15) is 32.8 Å². The van der Waals surface area contributed by atoms with Crippen LogP contribution in [-0.4, -0.2) is 69.7 Å². The number of hydrogen-bond acceptors (Lipinski definition) is 6. The number of H-pyrrole nitrogens is 1. The Kier molecular flexibility index (Phi) is 9.58. The summed E-state index contributed by atoms with van der Waals surface area (Å²) in [5.41, 5.74) is 6.86. The molecule has 2 rings (SSSR count). The molecule has 0 bridgehead atoms. The second-order valence-electron chi connectivity index (χ2n) is 8.32. The number of rotatable bonds is 12. The van der Waals surface area contributed by atoms with Gasteiger partial charge < -0.3 is 36.9 Å². The number of carbonyl (C=O) groups is 4. The van der Waals surface area contributed by atoms with E-state index in [4.69, 9.17) is 5.73 Å². The monoisotopic (exact) mass is 475 g/mol. The molecule has 0 aliphatic heterocycles. The minimum absolute atomic E-state index is 0.00634. The molecule has 186 valence electrons. The number of aliphatic carboxylic acids is 1. The Bertz CT molecular complexity index is 1020. The number of aliphatic hydroxyl groups is 1. The van der Waals surface area contributed by atoms with Crippen LogP contribution >= 0.6 is 0 Å². The highest BCUT2D eigenvalue weighted by Crippen LogP contribution is 2.19. The number of carboxylic acid groups (broad SMARTS) is 1. The van der Waals surface area contributed by atoms with Crippen LogP contribution in [0.2, 0.25) is 0 Å². The Morgan fingerprint density at radius 3 is 2.26 bits per heavy atom. The summed E-state index contributed by atoms with van der Waals surface area (Å²) in [7, 11) is 0. The summed E-state index contributed by atoms with van der Waals surface area (Å²) in [5, 5.41) is 28.0. The van der Waals surface area contributed by atoms with E-state index in [0.29, 0.717) is 12.0 Å². The van der Waals surface area contributed by atoms with Crippen molar-refractivity contribution in [3.63, 3.8) is 0 Å². The van der Waals surface area contributed by atoms with Crippen LogP contribution in [-0.2, 0) is 25.6 Å². The molecule has 0 aliphatic carbocycles. The van der Waals surface area contributed by atoms with Crippen LogP contribution < -0.4 is 21.7 Å². The minimum Gasteiger partial charge on any atom is -0.480 e. The first-order valence-corrected chi connectivity index (χ1v) is 11.1. The van der Waals surface area contributed by atoms with Gasteiger partial charge in [0, 0.05) is 23.5 Å². The highest BCUT2D eigenvalue weighted by Gasteiger charge is 2.33. The summed E-state index contributed by atoms with van der Waals surface area (Å²) in [6.07, 6.45) is 0.903. The molecule has 2 aromatic rings. The number of benzene rings is 1. The number of nitrogens with two attached hydrogens (primary N) is 1. The predicted octanol–water partition coefficient (Wildman–Crippen LogP) is -0.365. The van der Waals surface area contributed by atoms with Gasteiger partial charge in [0.1, 0.15) is 18.1 Å². The van der Waals surface area contributed by atoms with Crippen molar-refractivity contribution in [3.8, 4) is 0 Å². The van der Waals surface area contributed by atoms with E-state index in [2.05, 4.69) is 20.9 Å². The molecule has 3 amide bonds. The fraction of sp³-hybridized carbons (Fsp3) is 0.478. The second-order valence-corrected chi connectivity index (χ2v) is 8.32. The van der Waals surface area contributed by atoms with E-state index < -0.39 is 47.9 Å². The zero-order valence-corrected chi connectivity index (χ0v) is 19.5. The summed E-state index contributed by atoms with van der Waals surface area (Å²) in [6, 6.07) is 3.65. The van der Waals surface area contributed by atoms with Crippen molar-refractivity contribution in [2.24, 2.45) is 11.7 Å². The lowest BCUT2D eigenvalue weighted by atomic mass is 9.97. The number of aromatic amines is 1. The van der Waals surface area contributed by atoms with Crippen LogP contribution in [0.5, 0.6) is 0 Å². The Labute approximate surface area is 197 Å². The highest BCUT2D eigenvalue weighted by atomic mass is 16.4. The largest absolute Gasteiger partial charge is 0.480 e. The Balaban J connectivity index is 2.16. The van der Waals surface area contributed by atoms with Gasteiger partial charge in [0.05, 0.1) is 12.6 Å². The smallest absolute Gasteiger partial charge is 0.326 e. The number of amides is 3. The average Bonchev–Trinajstić information content (AvgIpc) is 3.22. The summed E-state index contributed by atoms with van der Waals surface area (Å²) in [6.45, 7) is 4.58. The van der Waals surface area contributed by atoms with Crippen LogP contribution in [0, 0.1) is 5.92 Å². The lowest BCUT2D eigenvalue weighted by Gasteiger charge is -2.28. The Hall–Kier alpha value is -3.44. The van der Waals surface area contributed by atoms with Gasteiger partial charge in [-0.3, -0.25) is 14.4 Å². The van der Waals surface area contributed by atoms with Crippen molar-refractivity contribution in [2.45, 2.75) is 57.8 Å². The molecule has 1 aromatic carbocycles. The molecule has 0 spiro atoms. The van der Waals surface area contributed by atoms with Crippen LogP contribution in [0.15, 0.2) is 30.5 Å². The number of aliphatic hydroxyl groups excluding tert-OH is 1. The molecule has 0 saturated heterocycles. The van der Waals surface area contributed by atoms with Crippen molar-refractivity contribution in [2.75, 3.05) is 6.54 Å². The van der Waals surface area contributed by atoms with Crippen LogP contribution in [0.25, 0.3) is 10.9 Å². The quantitative estimate of drug-likeness (QED) is 0.218. The number of carboxylic acids is 1. The van der Waals surface area contributed by atoms with Gasteiger partial charge in [0.15, 0.2) is 0 Å². The molecule has 1 heterocycles. The van der Waals surface area contributed by atoms with E-state index in [1.165, 1.54) is 6.92 Å². The van der Waals surface area contributed by atoms with Gasteiger partial charge in [-0.15, -0.1) is 0 Å². The third-order valence-corrected chi connectivity index (χ3v) is 5.77. The summed E-state index contributed by atoms with van der Waals surface area (Å²) >= 11 is 0. The van der Waals surface area contributed by atoms with E-state index in [1.807, 2.05) is 31.2 Å².